The van der Waals surface area contributed by atoms with Gasteiger partial charge in [-0.15, -0.1) is 0 Å². The van der Waals surface area contributed by atoms with Crippen LogP contribution in [-0.4, -0.2) is 35.3 Å². The Bertz CT molecular complexity index is 1270. The van der Waals surface area contributed by atoms with Crippen LogP contribution < -0.4 is 15.4 Å². The minimum Gasteiger partial charge on any atom is -0.487 e. The number of carbonyl (C=O) groups is 1. The summed E-state index contributed by atoms with van der Waals surface area (Å²) in [5.74, 6) is 1.24. The predicted molar refractivity (Wildman–Crippen MR) is 152 cm³/mol. The first kappa shape index (κ1) is 26.7. The van der Waals surface area contributed by atoms with Gasteiger partial charge < -0.3 is 24.9 Å². The Morgan fingerprint density at radius 2 is 2.00 bits per heavy atom. The highest BCUT2D eigenvalue weighted by Crippen LogP contribution is 2.49. The van der Waals surface area contributed by atoms with Crippen LogP contribution in [0, 0.1) is 0 Å². The van der Waals surface area contributed by atoms with Gasteiger partial charge in [-0.3, -0.25) is 4.79 Å². The highest BCUT2D eigenvalue weighted by Gasteiger charge is 2.45. The molecule has 200 valence electrons. The van der Waals surface area contributed by atoms with E-state index < -0.39 is 12.1 Å². The average molecular weight is 580 g/mol. The van der Waals surface area contributed by atoms with Crippen LogP contribution >= 0.6 is 15.9 Å². The average Bonchev–Trinajstić information content (AvgIpc) is 3.34. The van der Waals surface area contributed by atoms with E-state index in [1.54, 1.807) is 18.4 Å². The van der Waals surface area contributed by atoms with Gasteiger partial charge in [0.25, 0.3) is 0 Å². The lowest BCUT2D eigenvalue weighted by Gasteiger charge is -2.48. The summed E-state index contributed by atoms with van der Waals surface area (Å²) >= 11 is 3.34. The third-order valence-electron chi connectivity index (χ3n) is 7.68. The molecule has 38 heavy (non-hydrogen) atoms. The van der Waals surface area contributed by atoms with Crippen LogP contribution in [0.2, 0.25) is 0 Å². The summed E-state index contributed by atoms with van der Waals surface area (Å²) in [6, 6.07) is 17.8. The Morgan fingerprint density at radius 1 is 1.18 bits per heavy atom. The molecule has 7 heteroatoms. The minimum atomic E-state index is -0.789. The number of ether oxygens (including phenoxy) is 1. The van der Waals surface area contributed by atoms with Crippen LogP contribution in [-0.2, 0) is 17.6 Å². The Morgan fingerprint density at radius 3 is 2.68 bits per heavy atom. The molecule has 2 heterocycles. The number of hydrogen-bond acceptors (Lipinski definition) is 5. The van der Waals surface area contributed by atoms with E-state index in [0.717, 1.165) is 47.0 Å². The Hall–Kier alpha value is -2.87. The first-order valence-corrected chi connectivity index (χ1v) is 14.2. The van der Waals surface area contributed by atoms with Crippen LogP contribution in [0.1, 0.15) is 61.1 Å². The molecular formula is C31H35BrN2O4. The van der Waals surface area contributed by atoms with Crippen LogP contribution in [0.5, 0.6) is 5.75 Å². The SMILES string of the molecule is CCc1ccc2c(c1)[C@@H](NC[C@@H](O)[C@H](Cc1ccccc1)NC(=O)/C=C/c1cc(Br)co1)CC1(CCC1)O2. The third kappa shape index (κ3) is 6.40. The van der Waals surface area contributed by atoms with Gasteiger partial charge in [0.1, 0.15) is 23.4 Å². The van der Waals surface area contributed by atoms with Gasteiger partial charge in [-0.25, -0.2) is 0 Å². The van der Waals surface area contributed by atoms with Gasteiger partial charge in [0.2, 0.25) is 5.91 Å². The molecule has 2 aromatic carbocycles. The van der Waals surface area contributed by atoms with Gasteiger partial charge in [-0.05, 0) is 77.4 Å². The molecule has 1 amide bonds. The first-order chi connectivity index (χ1) is 18.4. The summed E-state index contributed by atoms with van der Waals surface area (Å²) in [6.07, 6.45) is 9.51. The van der Waals surface area contributed by atoms with Crippen molar-refractivity contribution in [1.29, 1.82) is 0 Å². The maximum Gasteiger partial charge on any atom is 0.244 e. The number of furan rings is 1. The second-order valence-corrected chi connectivity index (χ2v) is 11.3. The van der Waals surface area contributed by atoms with E-state index in [1.807, 2.05) is 30.3 Å². The van der Waals surface area contributed by atoms with Gasteiger partial charge >= 0.3 is 0 Å². The maximum atomic E-state index is 12.8. The molecule has 5 rings (SSSR count). The molecule has 3 aromatic rings. The van der Waals surface area contributed by atoms with Gasteiger partial charge in [0, 0.05) is 30.6 Å². The van der Waals surface area contributed by atoms with Gasteiger partial charge in [0.05, 0.1) is 16.6 Å². The molecule has 0 unspecified atom stereocenters. The molecule has 0 radical (unpaired) electrons. The van der Waals surface area contributed by atoms with Crippen molar-refractivity contribution in [1.82, 2.24) is 10.6 Å². The molecule has 1 aromatic heterocycles. The standard InChI is InChI=1S/C31H35BrN2O4/c1-2-21-9-11-29-25(15-21)27(18-31(38-29)13-6-14-31)33-19-28(35)26(16-22-7-4-3-5-8-22)34-30(36)12-10-24-17-23(32)20-37-24/h3-5,7-12,15,17,20,26-28,33,35H,2,6,13-14,16,18-19H2,1H3,(H,34,36)/b12-10+/t26-,27-,28+/m0/s1. The summed E-state index contributed by atoms with van der Waals surface area (Å²) in [7, 11) is 0. The lowest BCUT2D eigenvalue weighted by molar-refractivity contribution is -0.117. The zero-order valence-corrected chi connectivity index (χ0v) is 23.2. The second kappa shape index (κ2) is 11.9. The monoisotopic (exact) mass is 578 g/mol. The van der Waals surface area contributed by atoms with E-state index in [4.69, 9.17) is 9.15 Å². The highest BCUT2D eigenvalue weighted by molar-refractivity contribution is 9.10. The number of nitrogens with one attached hydrogen (secondary N) is 2. The molecule has 6 nitrogen and oxygen atoms in total. The third-order valence-corrected chi connectivity index (χ3v) is 8.09. The zero-order valence-electron chi connectivity index (χ0n) is 21.7. The lowest BCUT2D eigenvalue weighted by Crippen LogP contribution is -2.52. The van der Waals surface area contributed by atoms with Crippen molar-refractivity contribution in [2.24, 2.45) is 0 Å². The fourth-order valence-electron chi connectivity index (χ4n) is 5.36. The molecular weight excluding hydrogens is 544 g/mol. The van der Waals surface area contributed by atoms with Crippen molar-refractivity contribution in [3.05, 3.63) is 93.9 Å². The normalized spacial score (nSPS) is 19.4. The molecule has 0 saturated heterocycles. The number of aliphatic hydroxyl groups is 1. The number of hydrogen-bond donors (Lipinski definition) is 3. The van der Waals surface area contributed by atoms with Crippen LogP contribution in [0.4, 0.5) is 0 Å². The van der Waals surface area contributed by atoms with E-state index in [0.29, 0.717) is 18.7 Å². The fraction of sp³-hybridized carbons (Fsp3) is 0.387. The van der Waals surface area contributed by atoms with Crippen molar-refractivity contribution in [3.63, 3.8) is 0 Å². The summed E-state index contributed by atoms with van der Waals surface area (Å²) in [5.41, 5.74) is 3.37. The lowest BCUT2D eigenvalue weighted by atomic mass is 9.72. The number of aryl methyl sites for hydroxylation is 1. The summed E-state index contributed by atoms with van der Waals surface area (Å²) < 4.78 is 12.6. The molecule has 0 bridgehead atoms. The van der Waals surface area contributed by atoms with Gasteiger partial charge in [-0.1, -0.05) is 49.4 Å². The zero-order chi connectivity index (χ0) is 26.5. The van der Waals surface area contributed by atoms with Gasteiger partial charge in [-0.2, -0.15) is 0 Å². The molecule has 1 fully saturated rings. The van der Waals surface area contributed by atoms with Crippen LogP contribution in [0.3, 0.4) is 0 Å². The molecule has 1 saturated carbocycles. The van der Waals surface area contributed by atoms with Crippen molar-refractivity contribution in [2.45, 2.75) is 69.2 Å². The molecule has 1 aliphatic carbocycles. The smallest absolute Gasteiger partial charge is 0.244 e. The quantitative estimate of drug-likeness (QED) is 0.267. The minimum absolute atomic E-state index is 0.0885. The van der Waals surface area contributed by atoms with E-state index in [1.165, 1.54) is 18.1 Å². The molecule has 2 aliphatic rings. The van der Waals surface area contributed by atoms with E-state index in [-0.39, 0.29) is 17.6 Å². The Labute approximate surface area is 232 Å². The summed E-state index contributed by atoms with van der Waals surface area (Å²) in [4.78, 5) is 12.8. The molecule has 3 atom stereocenters. The summed E-state index contributed by atoms with van der Waals surface area (Å²) in [6.45, 7) is 2.50. The number of benzene rings is 2. The fourth-order valence-corrected chi connectivity index (χ4v) is 5.68. The van der Waals surface area contributed by atoms with Crippen LogP contribution in [0.15, 0.2) is 75.8 Å². The van der Waals surface area contributed by atoms with Crippen molar-refractivity contribution >= 4 is 27.9 Å². The number of fused-ring (bicyclic) bond motifs is 1. The van der Waals surface area contributed by atoms with Gasteiger partial charge in [0.15, 0.2) is 0 Å². The maximum absolute atomic E-state index is 12.8. The number of amides is 1. The second-order valence-electron chi connectivity index (χ2n) is 10.4. The topological polar surface area (TPSA) is 83.7 Å². The van der Waals surface area contributed by atoms with E-state index in [9.17, 15) is 9.90 Å². The molecule has 1 aliphatic heterocycles. The Kier molecular flexibility index (Phi) is 8.36. The predicted octanol–water partition coefficient (Wildman–Crippen LogP) is 5.74. The van der Waals surface area contributed by atoms with E-state index >= 15 is 0 Å². The highest BCUT2D eigenvalue weighted by atomic mass is 79.9. The number of carbonyl (C=O) groups excluding carboxylic acids is 1. The summed E-state index contributed by atoms with van der Waals surface area (Å²) in [5, 5.41) is 18.0. The number of rotatable bonds is 10. The first-order valence-electron chi connectivity index (χ1n) is 13.4. The number of aliphatic hydroxyl groups excluding tert-OH is 1. The van der Waals surface area contributed by atoms with Crippen molar-refractivity contribution < 1.29 is 19.1 Å². The van der Waals surface area contributed by atoms with Crippen molar-refractivity contribution in [2.75, 3.05) is 6.54 Å². The number of halogens is 1. The van der Waals surface area contributed by atoms with Crippen molar-refractivity contribution in [3.8, 4) is 5.75 Å². The molecule has 3 N–H and O–H groups in total. The largest absolute Gasteiger partial charge is 0.487 e. The van der Waals surface area contributed by atoms with Crippen LogP contribution in [0.25, 0.3) is 6.08 Å². The molecule has 1 spiro atoms. The Balaban J connectivity index is 1.29. The van der Waals surface area contributed by atoms with E-state index in [2.05, 4.69) is 51.7 Å².